The van der Waals surface area contributed by atoms with Gasteiger partial charge in [-0.15, -0.1) is 12.6 Å². The summed E-state index contributed by atoms with van der Waals surface area (Å²) < 4.78 is 5.39. The molecule has 0 saturated carbocycles. The molecule has 0 fully saturated rings. The second-order valence-electron chi connectivity index (χ2n) is 3.55. The van der Waals surface area contributed by atoms with E-state index in [0.29, 0.717) is 5.94 Å². The molecule has 0 aliphatic carbocycles. The number of thiol groups is 1. The summed E-state index contributed by atoms with van der Waals surface area (Å²) >= 11 is 4.04. The molecule has 0 aromatic heterocycles. The van der Waals surface area contributed by atoms with Gasteiger partial charge in [-0.05, 0) is 35.4 Å². The molecule has 17 heavy (non-hydrogen) atoms. The van der Waals surface area contributed by atoms with Gasteiger partial charge in [-0.1, -0.05) is 30.3 Å². The van der Waals surface area contributed by atoms with E-state index in [2.05, 4.69) is 55.3 Å². The van der Waals surface area contributed by atoms with Gasteiger partial charge in [0.15, 0.2) is 5.30 Å². The fourth-order valence-electron chi connectivity index (χ4n) is 1.59. The normalized spacial score (nSPS) is 11.2. The third kappa shape index (κ3) is 3.19. The molecule has 1 unspecified atom stereocenters. The Morgan fingerprint density at radius 1 is 0.941 bits per heavy atom. The number of benzene rings is 2. The second-order valence-corrected chi connectivity index (χ2v) is 5.34. The molecule has 0 bridgehead atoms. The zero-order chi connectivity index (χ0) is 12.1. The van der Waals surface area contributed by atoms with Gasteiger partial charge in [-0.25, -0.2) is 0 Å². The molecule has 0 aliphatic heterocycles. The summed E-state index contributed by atoms with van der Waals surface area (Å²) in [7, 11) is -0.783. The molecule has 3 heteroatoms. The maximum atomic E-state index is 5.39. The lowest BCUT2D eigenvalue weighted by Crippen LogP contribution is -1.97. The molecule has 2 aromatic rings. The van der Waals surface area contributed by atoms with Crippen molar-refractivity contribution in [2.75, 3.05) is 5.94 Å². The average Bonchev–Trinajstić information content (AvgIpc) is 2.40. The molecule has 0 N–H and O–H groups in total. The van der Waals surface area contributed by atoms with Crippen molar-refractivity contribution in [1.29, 1.82) is 0 Å². The summed E-state index contributed by atoms with van der Waals surface area (Å²) in [6, 6.07) is 18.7. The molecule has 0 amide bonds. The maximum absolute atomic E-state index is 5.39. The van der Waals surface area contributed by atoms with E-state index in [0.717, 1.165) is 5.30 Å². The highest BCUT2D eigenvalue weighted by atomic mass is 32.1. The fourth-order valence-corrected chi connectivity index (χ4v) is 2.78. The second kappa shape index (κ2) is 6.02. The van der Waals surface area contributed by atoms with Gasteiger partial charge in [0.2, 0.25) is 0 Å². The Kier molecular flexibility index (Phi) is 4.38. The van der Waals surface area contributed by atoms with Crippen molar-refractivity contribution >= 4 is 32.0 Å². The van der Waals surface area contributed by atoms with E-state index in [1.807, 2.05) is 18.2 Å². The Balaban J connectivity index is 2.22. The highest BCUT2D eigenvalue weighted by Crippen LogP contribution is 2.24. The van der Waals surface area contributed by atoms with Crippen LogP contribution in [0.15, 0.2) is 54.6 Å². The zero-order valence-electron chi connectivity index (χ0n) is 9.41. The summed E-state index contributed by atoms with van der Waals surface area (Å²) in [6.45, 7) is 0. The predicted molar refractivity (Wildman–Crippen MR) is 80.5 cm³/mol. The zero-order valence-corrected chi connectivity index (χ0v) is 11.2. The van der Waals surface area contributed by atoms with Crippen molar-refractivity contribution < 1.29 is 4.52 Å². The van der Waals surface area contributed by atoms with Crippen LogP contribution in [0.3, 0.4) is 0 Å². The fraction of sp³-hybridized carbons (Fsp3) is 0.0714. The predicted octanol–water partition coefficient (Wildman–Crippen LogP) is 3.71. The molecule has 2 aromatic carbocycles. The average molecular weight is 261 g/mol. The molecular formula is C14H14OPS+. The van der Waals surface area contributed by atoms with Crippen LogP contribution in [0.5, 0.6) is 0 Å². The van der Waals surface area contributed by atoms with Crippen LogP contribution in [0.1, 0.15) is 0 Å². The Labute approximate surface area is 108 Å². The quantitative estimate of drug-likeness (QED) is 0.501. The highest BCUT2D eigenvalue weighted by Gasteiger charge is 2.11. The van der Waals surface area contributed by atoms with Gasteiger partial charge in [-0.3, -0.25) is 0 Å². The molecule has 1 atom stereocenters. The van der Waals surface area contributed by atoms with Gasteiger partial charge in [0, 0.05) is 0 Å². The van der Waals surface area contributed by atoms with Gasteiger partial charge < -0.3 is 0 Å². The van der Waals surface area contributed by atoms with Crippen molar-refractivity contribution in [1.82, 2.24) is 0 Å². The number of hydrogen-bond donors (Lipinski definition) is 1. The van der Waals surface area contributed by atoms with Crippen LogP contribution in [0, 0.1) is 0 Å². The van der Waals surface area contributed by atoms with Crippen LogP contribution in [-0.4, -0.2) is 12.2 Å². The molecule has 0 saturated heterocycles. The van der Waals surface area contributed by atoms with E-state index in [9.17, 15) is 0 Å². The Hall–Kier alpha value is -1.08. The first-order valence-electron chi connectivity index (χ1n) is 5.31. The first-order valence-corrected chi connectivity index (χ1v) is 7.39. The van der Waals surface area contributed by atoms with E-state index in [4.69, 9.17) is 4.52 Å². The standard InChI is InChI=1S/C14H13OPS/c1-16(15-11-17)14-9-7-13(8-10-14)12-5-3-2-4-6-12/h2-10H,1,11H2/p+1. The molecule has 0 heterocycles. The third-order valence-electron chi connectivity index (χ3n) is 2.48. The minimum Gasteiger partial charge on any atom is -0.164 e. The molecular weight excluding hydrogens is 247 g/mol. The molecule has 2 rings (SSSR count). The molecule has 1 nitrogen and oxygen atoms in total. The van der Waals surface area contributed by atoms with Crippen LogP contribution in [0.25, 0.3) is 11.1 Å². The first-order chi connectivity index (χ1) is 8.31. The minimum absolute atomic E-state index is 0.412. The Bertz CT molecular complexity index is 493. The SMILES string of the molecule is C=[P+](OCS)c1ccc(-c2ccccc2)cc1. The van der Waals surface area contributed by atoms with Gasteiger partial charge in [0.1, 0.15) is 12.2 Å². The number of hydrogen-bond acceptors (Lipinski definition) is 2. The van der Waals surface area contributed by atoms with Crippen molar-refractivity contribution in [3.8, 4) is 11.1 Å². The summed E-state index contributed by atoms with van der Waals surface area (Å²) in [6.07, 6.45) is 3.99. The number of rotatable bonds is 4. The van der Waals surface area contributed by atoms with Crippen LogP contribution in [-0.2, 0) is 4.52 Å². The first kappa shape index (κ1) is 12.4. The van der Waals surface area contributed by atoms with Crippen molar-refractivity contribution in [3.05, 3.63) is 54.6 Å². The molecule has 0 radical (unpaired) electrons. The third-order valence-corrected chi connectivity index (χ3v) is 4.12. The largest absolute Gasteiger partial charge is 0.286 e. The van der Waals surface area contributed by atoms with E-state index in [1.165, 1.54) is 11.1 Å². The monoisotopic (exact) mass is 261 g/mol. The van der Waals surface area contributed by atoms with E-state index >= 15 is 0 Å². The van der Waals surface area contributed by atoms with E-state index in [-0.39, 0.29) is 0 Å². The lowest BCUT2D eigenvalue weighted by molar-refractivity contribution is 0.456. The van der Waals surface area contributed by atoms with Crippen molar-refractivity contribution in [2.45, 2.75) is 0 Å². The van der Waals surface area contributed by atoms with E-state index in [1.54, 1.807) is 0 Å². The van der Waals surface area contributed by atoms with Gasteiger partial charge in [0.05, 0.1) is 0 Å². The molecule has 0 aliphatic rings. The highest BCUT2D eigenvalue weighted by molar-refractivity contribution is 7.80. The van der Waals surface area contributed by atoms with Crippen molar-refractivity contribution in [3.63, 3.8) is 0 Å². The van der Waals surface area contributed by atoms with Crippen LogP contribution in [0.4, 0.5) is 0 Å². The van der Waals surface area contributed by atoms with E-state index < -0.39 is 7.77 Å². The summed E-state index contributed by atoms with van der Waals surface area (Å²) in [5.74, 6) is 0.412. The lowest BCUT2D eigenvalue weighted by atomic mass is 10.1. The minimum atomic E-state index is -0.783. The lowest BCUT2D eigenvalue weighted by Gasteiger charge is -2.00. The topological polar surface area (TPSA) is 9.23 Å². The van der Waals surface area contributed by atoms with Crippen molar-refractivity contribution in [2.24, 2.45) is 0 Å². The summed E-state index contributed by atoms with van der Waals surface area (Å²) in [4.78, 5) is 0. The van der Waals surface area contributed by atoms with Gasteiger partial charge >= 0.3 is 0 Å². The van der Waals surface area contributed by atoms with Crippen LogP contribution < -0.4 is 5.30 Å². The smallest absolute Gasteiger partial charge is 0.164 e. The van der Waals surface area contributed by atoms with Crippen LogP contribution >= 0.6 is 20.4 Å². The van der Waals surface area contributed by atoms with Gasteiger partial charge in [-0.2, -0.15) is 4.52 Å². The summed E-state index contributed by atoms with van der Waals surface area (Å²) in [5.41, 5.74) is 2.44. The van der Waals surface area contributed by atoms with Gasteiger partial charge in [0.25, 0.3) is 7.77 Å². The van der Waals surface area contributed by atoms with Crippen LogP contribution in [0.2, 0.25) is 0 Å². The molecule has 0 spiro atoms. The molecule has 86 valence electrons. The Morgan fingerprint density at radius 3 is 2.12 bits per heavy atom. The maximum Gasteiger partial charge on any atom is 0.286 e. The summed E-state index contributed by atoms with van der Waals surface area (Å²) in [5, 5.41) is 1.13. The Morgan fingerprint density at radius 2 is 1.53 bits per heavy atom.